The molecule has 0 aromatic carbocycles. The highest BCUT2D eigenvalue weighted by Crippen LogP contribution is 2.17. The van der Waals surface area contributed by atoms with E-state index in [-0.39, 0.29) is 11.7 Å². The van der Waals surface area contributed by atoms with Crippen LogP contribution in [0.4, 0.5) is 4.39 Å². The Bertz CT molecular complexity index is 486. The quantitative estimate of drug-likeness (QED) is 0.796. The fourth-order valence-corrected chi connectivity index (χ4v) is 1.64. The number of pyridine rings is 1. The summed E-state index contributed by atoms with van der Waals surface area (Å²) in [6.07, 6.45) is 4.70. The van der Waals surface area contributed by atoms with Gasteiger partial charge in [0, 0.05) is 18.0 Å². The van der Waals surface area contributed by atoms with Crippen molar-refractivity contribution in [2.75, 3.05) is 0 Å². The predicted molar refractivity (Wildman–Crippen MR) is 58.6 cm³/mol. The highest BCUT2D eigenvalue weighted by molar-refractivity contribution is 9.10. The van der Waals surface area contributed by atoms with Crippen LogP contribution in [0.5, 0.6) is 0 Å². The Labute approximate surface area is 99.0 Å². The number of hydrogen-bond donors (Lipinski definition) is 0. The number of nitrogens with zero attached hydrogens (tertiary/aromatic N) is 3. The molecule has 0 radical (unpaired) electrons. The summed E-state index contributed by atoms with van der Waals surface area (Å²) in [5.74, 6) is -0.175. The van der Waals surface area contributed by atoms with E-state index in [1.165, 1.54) is 10.9 Å². The van der Waals surface area contributed by atoms with Gasteiger partial charge in [-0.1, -0.05) is 0 Å². The molecule has 0 aliphatic heterocycles. The maximum Gasteiger partial charge on any atom is 0.190 e. The van der Waals surface area contributed by atoms with Crippen molar-refractivity contribution in [3.8, 4) is 5.82 Å². The van der Waals surface area contributed by atoms with Gasteiger partial charge in [-0.05, 0) is 22.0 Å². The zero-order chi connectivity index (χ0) is 10.8. The molecule has 0 spiro atoms. The number of hydrogen-bond acceptors (Lipinski definition) is 2. The van der Waals surface area contributed by atoms with Crippen molar-refractivity contribution in [2.24, 2.45) is 0 Å². The minimum absolute atomic E-state index is 0.115. The molecule has 6 heteroatoms. The Balaban J connectivity index is 2.53. The second kappa shape index (κ2) is 4.28. The van der Waals surface area contributed by atoms with Crippen molar-refractivity contribution in [1.82, 2.24) is 14.8 Å². The Morgan fingerprint density at radius 3 is 2.93 bits per heavy atom. The molecule has 0 atom stereocenters. The van der Waals surface area contributed by atoms with Gasteiger partial charge >= 0.3 is 0 Å². The Hall–Kier alpha value is -0.940. The highest BCUT2D eigenvalue weighted by Gasteiger charge is 2.11. The zero-order valence-corrected chi connectivity index (χ0v) is 9.83. The van der Waals surface area contributed by atoms with Crippen LogP contribution in [0.3, 0.4) is 0 Å². The van der Waals surface area contributed by atoms with Gasteiger partial charge in [-0.2, -0.15) is 5.10 Å². The van der Waals surface area contributed by atoms with Crippen LogP contribution in [0, 0.1) is 5.82 Å². The third-order valence-corrected chi connectivity index (χ3v) is 2.56. The number of rotatable bonds is 2. The number of alkyl halides is 1. The lowest BCUT2D eigenvalue weighted by Gasteiger charge is -2.04. The predicted octanol–water partition coefficient (Wildman–Crippen LogP) is 2.91. The summed E-state index contributed by atoms with van der Waals surface area (Å²) in [6.45, 7) is 0. The highest BCUT2D eigenvalue weighted by atomic mass is 79.9. The molecule has 2 aromatic rings. The number of halogens is 3. The van der Waals surface area contributed by atoms with Gasteiger partial charge in [0.05, 0.1) is 16.5 Å². The van der Waals surface area contributed by atoms with E-state index < -0.39 is 5.82 Å². The van der Waals surface area contributed by atoms with E-state index >= 15 is 0 Å². The van der Waals surface area contributed by atoms with Gasteiger partial charge < -0.3 is 0 Å². The molecule has 0 unspecified atom stereocenters. The third kappa shape index (κ3) is 2.03. The standard InChI is InChI=1S/C9H6BrClFN3/c10-7-4-14-15(5-7)9-8(12)6(3-11)1-2-13-9/h1-2,4-5H,3H2. The topological polar surface area (TPSA) is 30.7 Å². The van der Waals surface area contributed by atoms with Crippen LogP contribution < -0.4 is 0 Å². The molecular formula is C9H6BrClFN3. The van der Waals surface area contributed by atoms with Crippen LogP contribution >= 0.6 is 27.5 Å². The minimum Gasteiger partial charge on any atom is -0.235 e. The van der Waals surface area contributed by atoms with Gasteiger partial charge in [-0.25, -0.2) is 14.1 Å². The Morgan fingerprint density at radius 1 is 1.53 bits per heavy atom. The summed E-state index contributed by atoms with van der Waals surface area (Å²) in [7, 11) is 0. The Kier molecular flexibility index (Phi) is 3.02. The molecule has 0 aliphatic rings. The Morgan fingerprint density at radius 2 is 2.33 bits per heavy atom. The molecule has 2 aromatic heterocycles. The molecule has 0 amide bonds. The van der Waals surface area contributed by atoms with Crippen molar-refractivity contribution in [3.63, 3.8) is 0 Å². The van der Waals surface area contributed by atoms with Crippen LogP contribution in [0.25, 0.3) is 5.82 Å². The molecule has 0 saturated heterocycles. The minimum atomic E-state index is -0.442. The van der Waals surface area contributed by atoms with Crippen molar-refractivity contribution >= 4 is 27.5 Å². The monoisotopic (exact) mass is 289 g/mol. The molecule has 2 heterocycles. The van der Waals surface area contributed by atoms with E-state index in [0.717, 1.165) is 4.47 Å². The summed E-state index contributed by atoms with van der Waals surface area (Å²) in [5, 5.41) is 3.95. The van der Waals surface area contributed by atoms with E-state index in [9.17, 15) is 4.39 Å². The second-order valence-corrected chi connectivity index (χ2v) is 4.03. The largest absolute Gasteiger partial charge is 0.235 e. The lowest BCUT2D eigenvalue weighted by atomic mass is 10.3. The van der Waals surface area contributed by atoms with Gasteiger partial charge in [0.25, 0.3) is 0 Å². The van der Waals surface area contributed by atoms with Crippen LogP contribution in [0.1, 0.15) is 5.56 Å². The first-order valence-electron chi connectivity index (χ1n) is 4.12. The fourth-order valence-electron chi connectivity index (χ4n) is 1.15. The van der Waals surface area contributed by atoms with Gasteiger partial charge in [0.2, 0.25) is 0 Å². The first-order chi connectivity index (χ1) is 7.22. The SMILES string of the molecule is Fc1c(CCl)ccnc1-n1cc(Br)cn1. The molecular weight excluding hydrogens is 284 g/mol. The van der Waals surface area contributed by atoms with Gasteiger partial charge in [-0.15, -0.1) is 11.6 Å². The lowest BCUT2D eigenvalue weighted by molar-refractivity contribution is 0.590. The summed E-state index contributed by atoms with van der Waals surface area (Å²) < 4.78 is 15.9. The average Bonchev–Trinajstić information content (AvgIpc) is 2.65. The van der Waals surface area contributed by atoms with Crippen LogP contribution in [0.2, 0.25) is 0 Å². The molecule has 0 N–H and O–H groups in total. The van der Waals surface area contributed by atoms with E-state index in [2.05, 4.69) is 26.0 Å². The summed E-state index contributed by atoms with van der Waals surface area (Å²) in [4.78, 5) is 3.92. The van der Waals surface area contributed by atoms with Crippen molar-refractivity contribution < 1.29 is 4.39 Å². The van der Waals surface area contributed by atoms with Gasteiger partial charge in [0.15, 0.2) is 11.6 Å². The number of aromatic nitrogens is 3. The van der Waals surface area contributed by atoms with Crippen LogP contribution in [-0.2, 0) is 5.88 Å². The first kappa shape index (κ1) is 10.6. The van der Waals surface area contributed by atoms with Gasteiger partial charge in [-0.3, -0.25) is 0 Å². The summed E-state index contributed by atoms with van der Waals surface area (Å²) in [6, 6.07) is 1.55. The van der Waals surface area contributed by atoms with Gasteiger partial charge in [0.1, 0.15) is 0 Å². The molecule has 2 rings (SSSR count). The van der Waals surface area contributed by atoms with E-state index in [4.69, 9.17) is 11.6 Å². The van der Waals surface area contributed by atoms with Crippen molar-refractivity contribution in [3.05, 3.63) is 40.5 Å². The lowest BCUT2D eigenvalue weighted by Crippen LogP contribution is -2.03. The normalized spacial score (nSPS) is 10.6. The van der Waals surface area contributed by atoms with Crippen LogP contribution in [0.15, 0.2) is 29.1 Å². The molecule has 0 aliphatic carbocycles. The van der Waals surface area contributed by atoms with Crippen LogP contribution in [-0.4, -0.2) is 14.8 Å². The second-order valence-electron chi connectivity index (χ2n) is 2.84. The maximum atomic E-state index is 13.7. The third-order valence-electron chi connectivity index (χ3n) is 1.86. The van der Waals surface area contributed by atoms with E-state index in [1.807, 2.05) is 0 Å². The molecule has 0 fully saturated rings. The fraction of sp³-hybridized carbons (Fsp3) is 0.111. The smallest absolute Gasteiger partial charge is 0.190 e. The van der Waals surface area contributed by atoms with Crippen molar-refractivity contribution in [2.45, 2.75) is 5.88 Å². The summed E-state index contributed by atoms with van der Waals surface area (Å²) >= 11 is 8.82. The molecule has 3 nitrogen and oxygen atoms in total. The molecule has 78 valence electrons. The average molecular weight is 291 g/mol. The molecule has 0 bridgehead atoms. The zero-order valence-electron chi connectivity index (χ0n) is 7.49. The molecule has 0 saturated carbocycles. The summed E-state index contributed by atoms with van der Waals surface area (Å²) in [5.41, 5.74) is 0.410. The van der Waals surface area contributed by atoms with Crippen molar-refractivity contribution in [1.29, 1.82) is 0 Å². The van der Waals surface area contributed by atoms with E-state index in [0.29, 0.717) is 5.56 Å². The van der Waals surface area contributed by atoms with E-state index in [1.54, 1.807) is 18.5 Å². The first-order valence-corrected chi connectivity index (χ1v) is 5.45. The maximum absolute atomic E-state index is 13.7. The molecule has 15 heavy (non-hydrogen) atoms.